The summed E-state index contributed by atoms with van der Waals surface area (Å²) in [5.74, 6) is 7.35. The molecule has 0 atom stereocenters. The van der Waals surface area contributed by atoms with Crippen LogP contribution in [0.2, 0.25) is 0 Å². The number of aryl methyl sites for hydroxylation is 2. The molecule has 59 heavy (non-hydrogen) atoms. The Morgan fingerprint density at radius 2 is 0.881 bits per heavy atom. The van der Waals surface area contributed by atoms with Gasteiger partial charge in [-0.3, -0.25) is 0 Å². The Hall–Kier alpha value is -7.65. The minimum absolute atomic E-state index is 0.0825. The third kappa shape index (κ3) is 4.88. The van der Waals surface area contributed by atoms with Crippen LogP contribution >= 0.6 is 0 Å². The van der Waals surface area contributed by atoms with Gasteiger partial charge in [-0.1, -0.05) is 30.3 Å². The quantitative estimate of drug-likeness (QED) is 0.180. The summed E-state index contributed by atoms with van der Waals surface area (Å²) in [6.45, 7) is -0.176. The van der Waals surface area contributed by atoms with E-state index in [1.807, 2.05) is 78.3 Å². The SMILES string of the molecule is C[n+]1ccn(-c2ccc3c(c2)B2c4cc(-c5coc(-c6ccc7c(c6)B6c8cc(-n9cc[n+](C)c9)ccc8Oc8cccc(c86)O7)c5)ccc4Oc4cccc(c42)O3)c1. The molecule has 0 unspecified atom stereocenters. The number of nitrogens with zero attached hydrogens (tertiary/aromatic N) is 4. The summed E-state index contributed by atoms with van der Waals surface area (Å²) < 4.78 is 40.8. The molecule has 0 N–H and O–H groups in total. The van der Waals surface area contributed by atoms with Crippen LogP contribution in [0, 0.1) is 0 Å². The highest BCUT2D eigenvalue weighted by atomic mass is 16.5. The van der Waals surface area contributed by atoms with E-state index in [1.165, 1.54) is 0 Å². The lowest BCUT2D eigenvalue weighted by Gasteiger charge is -2.33. The Balaban J connectivity index is 0.893. The highest BCUT2D eigenvalue weighted by Crippen LogP contribution is 2.39. The molecule has 0 saturated heterocycles. The molecule has 9 nitrogen and oxygen atoms in total. The third-order valence-electron chi connectivity index (χ3n) is 12.1. The average molecular weight is 766 g/mol. The summed E-state index contributed by atoms with van der Waals surface area (Å²) in [5.41, 5.74) is 11.5. The van der Waals surface area contributed by atoms with E-state index >= 15 is 0 Å². The molecule has 7 heterocycles. The van der Waals surface area contributed by atoms with Crippen LogP contribution in [0.15, 0.2) is 163 Å². The number of benzene rings is 6. The van der Waals surface area contributed by atoms with E-state index in [9.17, 15) is 0 Å². The van der Waals surface area contributed by atoms with Gasteiger partial charge in [0.1, 0.15) is 87.9 Å². The predicted molar refractivity (Wildman–Crippen MR) is 226 cm³/mol. The Kier molecular flexibility index (Phi) is 6.56. The van der Waals surface area contributed by atoms with E-state index in [1.54, 1.807) is 0 Å². The van der Waals surface area contributed by atoms with Crippen LogP contribution in [0.3, 0.4) is 0 Å². The number of hydrogen-bond acceptors (Lipinski definition) is 5. The van der Waals surface area contributed by atoms with Gasteiger partial charge in [0.2, 0.25) is 12.7 Å². The first kappa shape index (κ1) is 32.4. The lowest BCUT2D eigenvalue weighted by molar-refractivity contribution is -0.670. The first-order valence-electron chi connectivity index (χ1n) is 19.7. The Morgan fingerprint density at radius 3 is 1.36 bits per heavy atom. The Bertz CT molecular complexity index is 3010. The van der Waals surface area contributed by atoms with Gasteiger partial charge in [0.25, 0.3) is 13.4 Å². The van der Waals surface area contributed by atoms with Crippen LogP contribution in [-0.4, -0.2) is 22.6 Å². The molecule has 0 saturated carbocycles. The highest BCUT2D eigenvalue weighted by molar-refractivity contribution is 6.99. The van der Waals surface area contributed by atoms with Crippen molar-refractivity contribution in [3.05, 3.63) is 159 Å². The fourth-order valence-corrected chi connectivity index (χ4v) is 9.35. The van der Waals surface area contributed by atoms with Crippen molar-refractivity contribution in [2.75, 3.05) is 0 Å². The van der Waals surface area contributed by atoms with Crippen molar-refractivity contribution >= 4 is 46.2 Å². The molecule has 0 aliphatic carbocycles. The summed E-state index contributed by atoms with van der Waals surface area (Å²) in [7, 11) is 4.05. The normalized spacial score (nSPS) is 13.4. The molecule has 0 bridgehead atoms. The second-order valence-corrected chi connectivity index (χ2v) is 15.7. The van der Waals surface area contributed by atoms with E-state index in [4.69, 9.17) is 23.4 Å². The van der Waals surface area contributed by atoms with Crippen molar-refractivity contribution in [2.45, 2.75) is 0 Å². The zero-order valence-corrected chi connectivity index (χ0v) is 32.0. The molecule has 4 aliphatic heterocycles. The predicted octanol–water partition coefficient (Wildman–Crippen LogP) is 5.30. The molecule has 0 spiro atoms. The molecule has 278 valence electrons. The number of ether oxygens (including phenoxy) is 4. The Morgan fingerprint density at radius 1 is 0.441 bits per heavy atom. The molecule has 3 aromatic heterocycles. The largest absolute Gasteiger partial charge is 0.464 e. The summed E-state index contributed by atoms with van der Waals surface area (Å²) in [5, 5.41) is 0. The topological polar surface area (TPSA) is 67.7 Å². The second-order valence-electron chi connectivity index (χ2n) is 15.7. The van der Waals surface area contributed by atoms with Crippen LogP contribution in [0.5, 0.6) is 46.0 Å². The maximum Gasteiger partial charge on any atom is 0.260 e. The van der Waals surface area contributed by atoms with E-state index in [-0.39, 0.29) is 13.4 Å². The third-order valence-corrected chi connectivity index (χ3v) is 12.1. The van der Waals surface area contributed by atoms with Gasteiger partial charge < -0.3 is 23.4 Å². The van der Waals surface area contributed by atoms with Gasteiger partial charge in [0.15, 0.2) is 0 Å². The fraction of sp³-hybridized carbons (Fsp3) is 0.0417. The Labute approximate surface area is 339 Å². The van der Waals surface area contributed by atoms with Crippen LogP contribution < -0.4 is 60.9 Å². The van der Waals surface area contributed by atoms with Gasteiger partial charge in [-0.2, -0.15) is 0 Å². The van der Waals surface area contributed by atoms with E-state index in [0.717, 1.165) is 113 Å². The van der Waals surface area contributed by atoms with Crippen LogP contribution in [0.1, 0.15) is 0 Å². The second kappa shape index (κ2) is 11.9. The van der Waals surface area contributed by atoms with Gasteiger partial charge in [0, 0.05) is 22.1 Å². The molecular weight excluding hydrogens is 734 g/mol. The molecule has 11 heteroatoms. The van der Waals surface area contributed by atoms with Crippen molar-refractivity contribution in [1.29, 1.82) is 0 Å². The molecule has 0 amide bonds. The maximum absolute atomic E-state index is 6.56. The summed E-state index contributed by atoms with van der Waals surface area (Å²) in [6.07, 6.45) is 14.2. The molecule has 13 rings (SSSR count). The van der Waals surface area contributed by atoms with Gasteiger partial charge in [0.05, 0.1) is 20.4 Å². The average Bonchev–Trinajstić information content (AvgIpc) is 4.05. The fourth-order valence-electron chi connectivity index (χ4n) is 9.35. The lowest BCUT2D eigenvalue weighted by atomic mass is 9.34. The first-order valence-corrected chi connectivity index (χ1v) is 19.7. The van der Waals surface area contributed by atoms with Crippen molar-refractivity contribution in [3.8, 4) is 79.8 Å². The van der Waals surface area contributed by atoms with Crippen molar-refractivity contribution in [3.63, 3.8) is 0 Å². The standard InChI is InChI=1S/C48H32B2N4O5/c1-51-17-19-53(27-51)32-11-15-40-36(24-32)49-34-21-29(9-13-38(34)56-42-5-3-7-44(58-40)47(42)49)31-23-46(55-26-31)30-10-14-39-35(22-30)50-37-25-33(54-20-18-52(2)28-54)12-16-41(37)59-45-8-4-6-43(57-39)48(45)50/h3-28H,1-2H3/q+2. The van der Waals surface area contributed by atoms with Crippen molar-refractivity contribution < 1.29 is 32.5 Å². The summed E-state index contributed by atoms with van der Waals surface area (Å²) >= 11 is 0. The summed E-state index contributed by atoms with van der Waals surface area (Å²) in [4.78, 5) is 0. The van der Waals surface area contributed by atoms with Gasteiger partial charge in [-0.25, -0.2) is 18.3 Å². The van der Waals surface area contributed by atoms with Gasteiger partial charge in [-0.05, 0) is 112 Å². The van der Waals surface area contributed by atoms with E-state index in [0.29, 0.717) is 0 Å². The minimum atomic E-state index is -0.0936. The lowest BCUT2D eigenvalue weighted by Crippen LogP contribution is -2.57. The minimum Gasteiger partial charge on any atom is -0.464 e. The number of furan rings is 1. The van der Waals surface area contributed by atoms with Crippen LogP contribution in [-0.2, 0) is 14.1 Å². The molecule has 6 aromatic carbocycles. The summed E-state index contributed by atoms with van der Waals surface area (Å²) in [6, 6.07) is 39.8. The maximum atomic E-state index is 6.56. The van der Waals surface area contributed by atoms with Gasteiger partial charge >= 0.3 is 0 Å². The smallest absolute Gasteiger partial charge is 0.260 e. The first-order chi connectivity index (χ1) is 29.0. The highest BCUT2D eigenvalue weighted by Gasteiger charge is 2.42. The van der Waals surface area contributed by atoms with Crippen molar-refractivity contribution in [2.24, 2.45) is 14.1 Å². The van der Waals surface area contributed by atoms with Gasteiger partial charge in [-0.15, -0.1) is 0 Å². The molecular formula is C48H32B2N4O5+2. The number of fused-ring (bicyclic) bond motifs is 8. The number of hydrogen-bond donors (Lipinski definition) is 0. The molecule has 4 aliphatic rings. The van der Waals surface area contributed by atoms with Crippen molar-refractivity contribution in [1.82, 2.24) is 9.13 Å². The van der Waals surface area contributed by atoms with E-state index < -0.39 is 0 Å². The number of rotatable bonds is 4. The zero-order valence-electron chi connectivity index (χ0n) is 32.0. The monoisotopic (exact) mass is 766 g/mol. The van der Waals surface area contributed by atoms with Crippen LogP contribution in [0.4, 0.5) is 0 Å². The van der Waals surface area contributed by atoms with E-state index in [2.05, 4.69) is 113 Å². The zero-order chi connectivity index (χ0) is 38.9. The molecule has 0 fully saturated rings. The molecule has 9 aromatic rings. The van der Waals surface area contributed by atoms with Crippen LogP contribution in [0.25, 0.3) is 33.8 Å². The number of imidazole rings is 2. The number of aromatic nitrogens is 4. The molecule has 0 radical (unpaired) electrons.